The first-order chi connectivity index (χ1) is 10.3. The highest BCUT2D eigenvalue weighted by Crippen LogP contribution is 2.25. The fraction of sp³-hybridized carbons (Fsp3) is 0.143. The summed E-state index contributed by atoms with van der Waals surface area (Å²) in [7, 11) is 0. The zero-order chi connectivity index (χ0) is 14.5. The van der Waals surface area contributed by atoms with Gasteiger partial charge in [-0.25, -0.2) is 0 Å². The lowest BCUT2D eigenvalue weighted by atomic mass is 10.3. The van der Waals surface area contributed by atoms with Crippen LogP contribution in [0.1, 0.15) is 0 Å². The van der Waals surface area contributed by atoms with Gasteiger partial charge < -0.3 is 13.6 Å². The van der Waals surface area contributed by atoms with Crippen LogP contribution in [0.3, 0.4) is 0 Å². The highest BCUT2D eigenvalue weighted by Gasteiger charge is 2.11. The lowest BCUT2D eigenvalue weighted by Gasteiger charge is -2.05. The summed E-state index contributed by atoms with van der Waals surface area (Å²) in [4.78, 5) is 0. The molecule has 3 aromatic rings. The van der Waals surface area contributed by atoms with E-state index in [2.05, 4.69) is 10.2 Å². The van der Waals surface area contributed by atoms with Crippen LogP contribution in [0, 0.1) is 0 Å². The molecule has 0 bridgehead atoms. The standard InChI is InChI=1S/C14H11ClN2O3S/c15-10-4-1-2-5-11(10)19-8-9-21-14-17-16-13(20-14)12-6-3-7-18-12/h1-7H,8-9H2. The van der Waals surface area contributed by atoms with Crippen molar-refractivity contribution >= 4 is 23.4 Å². The molecule has 0 N–H and O–H groups in total. The predicted octanol–water partition coefficient (Wildman–Crippen LogP) is 4.15. The molecule has 0 fully saturated rings. The van der Waals surface area contributed by atoms with E-state index in [1.807, 2.05) is 18.2 Å². The van der Waals surface area contributed by atoms with E-state index in [0.717, 1.165) is 0 Å². The van der Waals surface area contributed by atoms with Crippen molar-refractivity contribution in [3.63, 3.8) is 0 Å². The number of halogens is 1. The van der Waals surface area contributed by atoms with Crippen LogP contribution in [0.2, 0.25) is 5.02 Å². The van der Waals surface area contributed by atoms with Crippen molar-refractivity contribution in [3.05, 3.63) is 47.7 Å². The predicted molar refractivity (Wildman–Crippen MR) is 79.7 cm³/mol. The number of ether oxygens (including phenoxy) is 1. The SMILES string of the molecule is Clc1ccccc1OCCSc1nnc(-c2ccco2)o1. The largest absolute Gasteiger partial charge is 0.491 e. The Bertz CT molecular complexity index is 700. The Balaban J connectivity index is 1.49. The second-order valence-corrected chi connectivity index (χ2v) is 5.43. The molecule has 2 aromatic heterocycles. The average molecular weight is 323 g/mol. The van der Waals surface area contributed by atoms with E-state index in [1.54, 1.807) is 24.5 Å². The van der Waals surface area contributed by atoms with Crippen molar-refractivity contribution in [3.8, 4) is 17.4 Å². The summed E-state index contributed by atoms with van der Waals surface area (Å²) in [5.41, 5.74) is 0. The minimum Gasteiger partial charge on any atom is -0.491 e. The first kappa shape index (κ1) is 14.0. The molecule has 0 aliphatic carbocycles. The van der Waals surface area contributed by atoms with Crippen molar-refractivity contribution in [1.82, 2.24) is 10.2 Å². The number of furan rings is 1. The minimum atomic E-state index is 0.370. The molecule has 0 unspecified atom stereocenters. The number of benzene rings is 1. The minimum absolute atomic E-state index is 0.370. The number of hydrogen-bond acceptors (Lipinski definition) is 6. The highest BCUT2D eigenvalue weighted by atomic mass is 35.5. The summed E-state index contributed by atoms with van der Waals surface area (Å²) in [6, 6.07) is 10.9. The maximum Gasteiger partial charge on any atom is 0.284 e. The van der Waals surface area contributed by atoms with Gasteiger partial charge in [0.15, 0.2) is 5.76 Å². The van der Waals surface area contributed by atoms with E-state index >= 15 is 0 Å². The molecule has 1 aromatic carbocycles. The molecule has 0 aliphatic rings. The molecule has 0 saturated carbocycles. The molecule has 5 nitrogen and oxygen atoms in total. The molecule has 0 radical (unpaired) electrons. The van der Waals surface area contributed by atoms with Crippen LogP contribution >= 0.6 is 23.4 Å². The summed E-state index contributed by atoms with van der Waals surface area (Å²) in [6.07, 6.45) is 1.56. The monoisotopic (exact) mass is 322 g/mol. The second kappa shape index (κ2) is 6.69. The maximum atomic E-state index is 6.00. The molecule has 21 heavy (non-hydrogen) atoms. The highest BCUT2D eigenvalue weighted by molar-refractivity contribution is 7.99. The number of rotatable bonds is 6. The molecular weight excluding hydrogens is 312 g/mol. The number of para-hydroxylation sites is 1. The van der Waals surface area contributed by atoms with Crippen LogP contribution in [0.4, 0.5) is 0 Å². The van der Waals surface area contributed by atoms with Gasteiger partial charge in [0.05, 0.1) is 17.9 Å². The topological polar surface area (TPSA) is 61.3 Å². The van der Waals surface area contributed by atoms with Gasteiger partial charge in [-0.05, 0) is 24.3 Å². The fourth-order valence-corrected chi connectivity index (χ4v) is 2.38. The van der Waals surface area contributed by atoms with Crippen molar-refractivity contribution in [2.75, 3.05) is 12.4 Å². The van der Waals surface area contributed by atoms with E-state index < -0.39 is 0 Å². The van der Waals surface area contributed by atoms with E-state index in [4.69, 9.17) is 25.2 Å². The second-order valence-electron chi connectivity index (χ2n) is 3.98. The summed E-state index contributed by atoms with van der Waals surface area (Å²) in [5, 5.41) is 8.93. The molecule has 3 rings (SSSR count). The van der Waals surface area contributed by atoms with Crippen LogP contribution < -0.4 is 4.74 Å². The third-order valence-corrected chi connectivity index (χ3v) is 3.64. The zero-order valence-electron chi connectivity index (χ0n) is 10.9. The van der Waals surface area contributed by atoms with Crippen molar-refractivity contribution in [2.45, 2.75) is 5.22 Å². The van der Waals surface area contributed by atoms with Crippen LogP contribution in [0.5, 0.6) is 5.75 Å². The van der Waals surface area contributed by atoms with Crippen molar-refractivity contribution in [2.24, 2.45) is 0 Å². The van der Waals surface area contributed by atoms with Gasteiger partial charge in [-0.15, -0.1) is 10.2 Å². The quantitative estimate of drug-likeness (QED) is 0.502. The van der Waals surface area contributed by atoms with Crippen LogP contribution in [-0.4, -0.2) is 22.6 Å². The Kier molecular flexibility index (Phi) is 4.47. The van der Waals surface area contributed by atoms with Gasteiger partial charge in [0.25, 0.3) is 11.1 Å². The molecule has 2 heterocycles. The summed E-state index contributed by atoms with van der Waals surface area (Å²) >= 11 is 7.41. The Morgan fingerprint density at radius 2 is 2.05 bits per heavy atom. The first-order valence-corrected chi connectivity index (χ1v) is 7.57. The van der Waals surface area contributed by atoms with Crippen LogP contribution in [0.15, 0.2) is 56.7 Å². The van der Waals surface area contributed by atoms with E-state index in [-0.39, 0.29) is 0 Å². The van der Waals surface area contributed by atoms with Gasteiger partial charge in [0, 0.05) is 5.75 Å². The summed E-state index contributed by atoms with van der Waals surface area (Å²) in [6.45, 7) is 0.493. The Morgan fingerprint density at radius 3 is 2.86 bits per heavy atom. The molecule has 108 valence electrons. The van der Waals surface area contributed by atoms with Crippen molar-refractivity contribution in [1.29, 1.82) is 0 Å². The molecule has 0 spiro atoms. The van der Waals surface area contributed by atoms with Gasteiger partial charge in [0.2, 0.25) is 0 Å². The first-order valence-electron chi connectivity index (χ1n) is 6.20. The molecule has 0 saturated heterocycles. The lowest BCUT2D eigenvalue weighted by Crippen LogP contribution is -2.00. The van der Waals surface area contributed by atoms with Crippen LogP contribution in [-0.2, 0) is 0 Å². The number of thioether (sulfide) groups is 1. The molecule has 0 atom stereocenters. The average Bonchev–Trinajstić information content (AvgIpc) is 3.16. The van der Waals surface area contributed by atoms with Gasteiger partial charge in [-0.2, -0.15) is 0 Å². The van der Waals surface area contributed by atoms with Gasteiger partial charge >= 0.3 is 0 Å². The molecule has 0 amide bonds. The molecule has 7 heteroatoms. The van der Waals surface area contributed by atoms with Crippen LogP contribution in [0.25, 0.3) is 11.7 Å². The Hall–Kier alpha value is -1.92. The van der Waals surface area contributed by atoms with Crippen molar-refractivity contribution < 1.29 is 13.6 Å². The van der Waals surface area contributed by atoms with E-state index in [1.165, 1.54) is 11.8 Å². The Labute approximate surface area is 130 Å². The third kappa shape index (κ3) is 3.59. The molecule has 0 aliphatic heterocycles. The smallest absolute Gasteiger partial charge is 0.284 e. The van der Waals surface area contributed by atoms with E-state index in [0.29, 0.717) is 40.0 Å². The lowest BCUT2D eigenvalue weighted by molar-refractivity contribution is 0.343. The summed E-state index contributed by atoms with van der Waals surface area (Å²) in [5.74, 6) is 2.27. The Morgan fingerprint density at radius 1 is 1.14 bits per heavy atom. The number of nitrogens with zero attached hydrogens (tertiary/aromatic N) is 2. The fourth-order valence-electron chi connectivity index (χ4n) is 1.61. The van der Waals surface area contributed by atoms with Gasteiger partial charge in [0.1, 0.15) is 5.75 Å². The normalized spacial score (nSPS) is 10.7. The van der Waals surface area contributed by atoms with Gasteiger partial charge in [-0.3, -0.25) is 0 Å². The summed E-state index contributed by atoms with van der Waals surface area (Å²) < 4.78 is 16.2. The van der Waals surface area contributed by atoms with E-state index in [9.17, 15) is 0 Å². The third-order valence-electron chi connectivity index (χ3n) is 2.54. The maximum absolute atomic E-state index is 6.00. The number of aromatic nitrogens is 2. The molecular formula is C14H11ClN2O3S. The van der Waals surface area contributed by atoms with Gasteiger partial charge in [-0.1, -0.05) is 35.5 Å². The zero-order valence-corrected chi connectivity index (χ0v) is 12.4. The number of hydrogen-bond donors (Lipinski definition) is 0.